The number of ether oxygens (including phenoxy) is 2. The Labute approximate surface area is 192 Å². The number of imidazole rings is 1. The normalized spacial score (nSPS) is 15.2. The number of hydrogen-bond donors (Lipinski definition) is 0. The summed E-state index contributed by atoms with van der Waals surface area (Å²) >= 11 is 0. The van der Waals surface area contributed by atoms with Crippen LogP contribution in [0.15, 0.2) is 30.5 Å². The van der Waals surface area contributed by atoms with Crippen molar-refractivity contribution in [2.24, 2.45) is 0 Å². The van der Waals surface area contributed by atoms with Crippen LogP contribution in [-0.2, 0) is 16.0 Å². The Bertz CT molecular complexity index is 1250. The van der Waals surface area contributed by atoms with Crippen LogP contribution in [0.2, 0.25) is 0 Å². The minimum atomic E-state index is -1.54. The number of carbonyl (C=O) groups is 3. The number of likely N-dealkylation sites (tertiary alicyclic amines) is 1. The molecule has 1 saturated heterocycles. The molecule has 4 rings (SSSR count). The summed E-state index contributed by atoms with van der Waals surface area (Å²) in [5.41, 5.74) is -0.999. The number of amides is 1. The molecule has 34 heavy (non-hydrogen) atoms. The number of benzene rings is 1. The lowest BCUT2D eigenvalue weighted by Gasteiger charge is -2.36. The number of ketones is 1. The summed E-state index contributed by atoms with van der Waals surface area (Å²) in [5, 5.41) is 4.15. The second-order valence-electron chi connectivity index (χ2n) is 7.89. The first-order valence-electron chi connectivity index (χ1n) is 10.4. The third-order valence-corrected chi connectivity index (χ3v) is 5.69. The van der Waals surface area contributed by atoms with Gasteiger partial charge in [-0.1, -0.05) is 12.1 Å². The zero-order valence-corrected chi connectivity index (χ0v) is 18.5. The van der Waals surface area contributed by atoms with Gasteiger partial charge in [0.1, 0.15) is 11.5 Å². The highest BCUT2D eigenvalue weighted by Crippen LogP contribution is 2.31. The fourth-order valence-corrected chi connectivity index (χ4v) is 3.83. The van der Waals surface area contributed by atoms with Crippen LogP contribution >= 0.6 is 0 Å². The molecule has 2 aromatic heterocycles. The average Bonchev–Trinajstić information content (AvgIpc) is 3.26. The van der Waals surface area contributed by atoms with E-state index >= 15 is 4.39 Å². The Morgan fingerprint density at radius 2 is 1.79 bits per heavy atom. The first-order valence-corrected chi connectivity index (χ1v) is 10.4. The van der Waals surface area contributed by atoms with E-state index in [-0.39, 0.29) is 55.4 Å². The molecule has 1 aromatic carbocycles. The fraction of sp³-hybridized carbons (Fsp3) is 0.364. The minimum Gasteiger partial charge on any atom is -0.479 e. The molecular formula is C22H21F2N5O5. The molecule has 1 aliphatic rings. The molecule has 0 bridgehead atoms. The van der Waals surface area contributed by atoms with Crippen LogP contribution in [0.3, 0.4) is 0 Å². The second kappa shape index (κ2) is 9.12. The monoisotopic (exact) mass is 473 g/mol. The molecule has 10 nitrogen and oxygen atoms in total. The molecule has 0 N–H and O–H groups in total. The zero-order valence-electron chi connectivity index (χ0n) is 18.5. The minimum absolute atomic E-state index is 0.0747. The Kier molecular flexibility index (Phi) is 6.22. The molecule has 178 valence electrons. The Morgan fingerprint density at radius 3 is 2.41 bits per heavy atom. The molecule has 0 saturated carbocycles. The maximum absolute atomic E-state index is 15.4. The van der Waals surface area contributed by atoms with Gasteiger partial charge >= 0.3 is 11.8 Å². The van der Waals surface area contributed by atoms with Crippen molar-refractivity contribution in [3.63, 3.8) is 0 Å². The Balaban J connectivity index is 1.55. The van der Waals surface area contributed by atoms with E-state index in [4.69, 9.17) is 4.74 Å². The van der Waals surface area contributed by atoms with Gasteiger partial charge in [0.25, 0.3) is 5.91 Å². The van der Waals surface area contributed by atoms with Crippen molar-refractivity contribution in [1.29, 1.82) is 0 Å². The summed E-state index contributed by atoms with van der Waals surface area (Å²) in [6.45, 7) is 0.217. The largest absolute Gasteiger partial charge is 0.479 e. The van der Waals surface area contributed by atoms with Crippen molar-refractivity contribution in [3.05, 3.63) is 53.4 Å². The number of rotatable bonds is 6. The standard InChI is InChI=1S/C22H21F2N5O5/c1-33-19-16(27-29-15(26-19)12-25-18(29)17(30)21(32)34-2)20(31)28-9-7-22(24,8-10-28)11-13-3-5-14(23)6-4-13/h3-6,12H,7-11H2,1-2H3. The first-order chi connectivity index (χ1) is 16.2. The van der Waals surface area contributed by atoms with Gasteiger partial charge < -0.3 is 14.4 Å². The van der Waals surface area contributed by atoms with Crippen molar-refractivity contribution in [2.45, 2.75) is 24.9 Å². The number of alkyl halides is 1. The van der Waals surface area contributed by atoms with Gasteiger partial charge in [-0.05, 0) is 30.5 Å². The lowest BCUT2D eigenvalue weighted by Crippen LogP contribution is -2.46. The Morgan fingerprint density at radius 1 is 1.12 bits per heavy atom. The van der Waals surface area contributed by atoms with Crippen LogP contribution in [0.5, 0.6) is 5.88 Å². The molecule has 12 heteroatoms. The highest BCUT2D eigenvalue weighted by atomic mass is 19.1. The van der Waals surface area contributed by atoms with E-state index in [0.717, 1.165) is 11.6 Å². The topological polar surface area (TPSA) is 116 Å². The Hall–Kier alpha value is -3.96. The number of hydrogen-bond acceptors (Lipinski definition) is 8. The van der Waals surface area contributed by atoms with E-state index in [0.29, 0.717) is 5.56 Å². The molecule has 3 aromatic rings. The number of fused-ring (bicyclic) bond motifs is 1. The van der Waals surface area contributed by atoms with E-state index in [2.05, 4.69) is 19.8 Å². The molecule has 0 spiro atoms. The number of esters is 1. The third kappa shape index (κ3) is 4.43. The van der Waals surface area contributed by atoms with Gasteiger partial charge in [-0.3, -0.25) is 9.59 Å². The smallest absolute Gasteiger partial charge is 0.382 e. The highest BCUT2D eigenvalue weighted by molar-refractivity contribution is 6.39. The van der Waals surface area contributed by atoms with Gasteiger partial charge in [-0.15, -0.1) is 0 Å². The van der Waals surface area contributed by atoms with Crippen molar-refractivity contribution >= 4 is 23.3 Å². The quantitative estimate of drug-likeness (QED) is 0.302. The lowest BCUT2D eigenvalue weighted by atomic mass is 9.87. The lowest BCUT2D eigenvalue weighted by molar-refractivity contribution is -0.135. The number of methoxy groups -OCH3 is 2. The van der Waals surface area contributed by atoms with Gasteiger partial charge in [0.2, 0.25) is 17.4 Å². The van der Waals surface area contributed by atoms with Gasteiger partial charge in [0, 0.05) is 19.5 Å². The van der Waals surface area contributed by atoms with E-state index in [1.807, 2.05) is 0 Å². The molecule has 1 aliphatic heterocycles. The maximum Gasteiger partial charge on any atom is 0.382 e. The summed E-state index contributed by atoms with van der Waals surface area (Å²) in [5.74, 6) is -3.63. The second-order valence-corrected chi connectivity index (χ2v) is 7.89. The van der Waals surface area contributed by atoms with Crippen LogP contribution in [0.1, 0.15) is 39.5 Å². The van der Waals surface area contributed by atoms with Crippen molar-refractivity contribution in [3.8, 4) is 5.88 Å². The SMILES string of the molecule is COC(=O)C(=O)c1ncc2nc(OC)c(C(=O)N3CCC(F)(Cc4ccc(F)cc4)CC3)nn12. The summed E-state index contributed by atoms with van der Waals surface area (Å²) in [6, 6.07) is 5.66. The number of nitrogens with zero attached hydrogens (tertiary/aromatic N) is 5. The average molecular weight is 473 g/mol. The van der Waals surface area contributed by atoms with Gasteiger partial charge in [0.05, 0.1) is 20.4 Å². The maximum atomic E-state index is 15.4. The predicted octanol–water partition coefficient (Wildman–Crippen LogP) is 1.81. The highest BCUT2D eigenvalue weighted by Gasteiger charge is 2.37. The van der Waals surface area contributed by atoms with Crippen molar-refractivity contribution in [1.82, 2.24) is 24.5 Å². The molecule has 1 fully saturated rings. The summed E-state index contributed by atoms with van der Waals surface area (Å²) in [4.78, 5) is 46.4. The zero-order chi connectivity index (χ0) is 24.5. The van der Waals surface area contributed by atoms with Crippen molar-refractivity contribution < 1.29 is 32.6 Å². The predicted molar refractivity (Wildman–Crippen MR) is 113 cm³/mol. The first kappa shape index (κ1) is 23.2. The molecule has 3 heterocycles. The van der Waals surface area contributed by atoms with Gasteiger partial charge in [0.15, 0.2) is 5.65 Å². The number of Topliss-reactive ketones (excluding diaryl/α,β-unsaturated/α-hetero) is 1. The summed E-state index contributed by atoms with van der Waals surface area (Å²) < 4.78 is 39.1. The van der Waals surface area contributed by atoms with E-state index in [9.17, 15) is 18.8 Å². The van der Waals surface area contributed by atoms with Crippen LogP contribution in [-0.4, -0.2) is 75.1 Å². The van der Waals surface area contributed by atoms with E-state index < -0.39 is 29.1 Å². The number of piperidine rings is 1. The van der Waals surface area contributed by atoms with Crippen LogP contribution in [0.4, 0.5) is 8.78 Å². The van der Waals surface area contributed by atoms with Crippen LogP contribution in [0, 0.1) is 5.82 Å². The number of halogens is 2. The molecule has 1 amide bonds. The third-order valence-electron chi connectivity index (χ3n) is 5.69. The number of aromatic nitrogens is 4. The van der Waals surface area contributed by atoms with Crippen LogP contribution < -0.4 is 4.74 Å². The fourth-order valence-electron chi connectivity index (χ4n) is 3.83. The summed E-state index contributed by atoms with van der Waals surface area (Å²) in [6.07, 6.45) is 1.46. The van der Waals surface area contributed by atoms with E-state index in [1.165, 1.54) is 30.3 Å². The van der Waals surface area contributed by atoms with E-state index in [1.54, 1.807) is 12.1 Å². The van der Waals surface area contributed by atoms with Gasteiger partial charge in [-0.2, -0.15) is 14.6 Å². The molecule has 0 aliphatic carbocycles. The summed E-state index contributed by atoms with van der Waals surface area (Å²) in [7, 11) is 2.36. The number of carbonyl (C=O) groups excluding carboxylic acids is 3. The molecule has 0 radical (unpaired) electrons. The van der Waals surface area contributed by atoms with Gasteiger partial charge in [-0.25, -0.2) is 18.6 Å². The van der Waals surface area contributed by atoms with Crippen molar-refractivity contribution in [2.75, 3.05) is 27.3 Å². The molecular weight excluding hydrogens is 452 g/mol. The van der Waals surface area contributed by atoms with Crippen LogP contribution in [0.25, 0.3) is 5.65 Å². The molecule has 0 unspecified atom stereocenters. The molecule has 0 atom stereocenters.